The highest BCUT2D eigenvalue weighted by Crippen LogP contribution is 2.43. The summed E-state index contributed by atoms with van der Waals surface area (Å²) >= 11 is 0. The molecule has 2 aromatic carbocycles. The van der Waals surface area contributed by atoms with E-state index in [1.54, 1.807) is 12.1 Å². The molecule has 2 fully saturated rings. The fourth-order valence-electron chi connectivity index (χ4n) is 7.35. The Morgan fingerprint density at radius 3 is 2.59 bits per heavy atom. The monoisotopic (exact) mass is 531 g/mol. The molecule has 0 unspecified atom stereocenters. The number of hydrogen-bond donors (Lipinski definition) is 2. The first-order valence-electron chi connectivity index (χ1n) is 14.3. The molecule has 0 saturated carbocycles. The van der Waals surface area contributed by atoms with Gasteiger partial charge in [-0.3, -0.25) is 9.80 Å². The molecule has 3 aromatic rings. The van der Waals surface area contributed by atoms with Gasteiger partial charge in [0.1, 0.15) is 11.6 Å². The first-order chi connectivity index (χ1) is 18.9. The van der Waals surface area contributed by atoms with Gasteiger partial charge in [-0.05, 0) is 62.3 Å². The summed E-state index contributed by atoms with van der Waals surface area (Å²) in [5, 5.41) is 12.0. The Morgan fingerprint density at radius 2 is 1.87 bits per heavy atom. The number of imidazole rings is 1. The number of hydrogen-bond acceptors (Lipinski definition) is 4. The van der Waals surface area contributed by atoms with Crippen LogP contribution in [0.3, 0.4) is 0 Å². The highest BCUT2D eigenvalue weighted by molar-refractivity contribution is 5.65. The van der Waals surface area contributed by atoms with Crippen LogP contribution >= 0.6 is 0 Å². The highest BCUT2D eigenvalue weighted by atomic mass is 19.1. The third-order valence-corrected chi connectivity index (χ3v) is 9.01. The number of rotatable bonds is 8. The van der Waals surface area contributed by atoms with E-state index in [1.165, 1.54) is 41.9 Å². The van der Waals surface area contributed by atoms with E-state index in [0.29, 0.717) is 30.1 Å². The lowest BCUT2D eigenvalue weighted by atomic mass is 9.94. The molecular weight excluding hydrogens is 493 g/mol. The van der Waals surface area contributed by atoms with Crippen molar-refractivity contribution in [3.05, 3.63) is 88.8 Å². The van der Waals surface area contributed by atoms with Crippen LogP contribution in [-0.4, -0.2) is 55.7 Å². The molecule has 0 spiro atoms. The van der Waals surface area contributed by atoms with Crippen molar-refractivity contribution >= 4 is 6.09 Å². The SMILES string of the molecule is Cc1nc2c(n1[C@H]1C[C@H]3CC[C@@H](C1)N3CC[C@H](NC(=O)O)c1cccc(F)c1)CCN(Cc1ccccc1)C2. The van der Waals surface area contributed by atoms with Gasteiger partial charge >= 0.3 is 6.09 Å². The predicted molar refractivity (Wildman–Crippen MR) is 148 cm³/mol. The van der Waals surface area contributed by atoms with Gasteiger partial charge in [0.05, 0.1) is 11.7 Å². The topological polar surface area (TPSA) is 73.6 Å². The standard InChI is InChI=1S/C31H38FN5O2/c1-21-33-29-20-35(19-22-6-3-2-4-7-22)14-13-30(29)37(21)27-17-25-10-11-26(18-27)36(25)15-12-28(34-31(38)39)23-8-5-9-24(32)16-23/h2-9,16,25-28,34H,10-15,17-20H2,1H3,(H,38,39)/t25-,26+,27+,28-/m0/s1. The van der Waals surface area contributed by atoms with Gasteiger partial charge in [0, 0.05) is 56.4 Å². The molecule has 4 atom stereocenters. The Bertz CT molecular complexity index is 1300. The summed E-state index contributed by atoms with van der Waals surface area (Å²) in [6.07, 6.45) is 5.15. The maximum Gasteiger partial charge on any atom is 0.405 e. The largest absolute Gasteiger partial charge is 0.465 e. The van der Waals surface area contributed by atoms with Crippen LogP contribution in [0.2, 0.25) is 0 Å². The molecule has 3 aliphatic rings. The molecule has 4 heterocycles. The summed E-state index contributed by atoms with van der Waals surface area (Å²) in [7, 11) is 0. The van der Waals surface area contributed by atoms with E-state index in [2.05, 4.69) is 56.9 Å². The summed E-state index contributed by atoms with van der Waals surface area (Å²) in [4.78, 5) is 21.6. The van der Waals surface area contributed by atoms with E-state index in [4.69, 9.17) is 4.98 Å². The van der Waals surface area contributed by atoms with Crippen molar-refractivity contribution in [1.29, 1.82) is 0 Å². The lowest BCUT2D eigenvalue weighted by molar-refractivity contribution is 0.0992. The van der Waals surface area contributed by atoms with Crippen LogP contribution in [0.25, 0.3) is 0 Å². The summed E-state index contributed by atoms with van der Waals surface area (Å²) in [6, 6.07) is 18.0. The molecule has 3 aliphatic heterocycles. The lowest BCUT2D eigenvalue weighted by Crippen LogP contribution is -2.45. The van der Waals surface area contributed by atoms with Crippen molar-refractivity contribution in [2.75, 3.05) is 13.1 Å². The highest BCUT2D eigenvalue weighted by Gasteiger charge is 2.42. The van der Waals surface area contributed by atoms with Crippen LogP contribution in [0.5, 0.6) is 0 Å². The van der Waals surface area contributed by atoms with Gasteiger partial charge < -0.3 is 15.0 Å². The maximum absolute atomic E-state index is 13.8. The smallest absolute Gasteiger partial charge is 0.405 e. The molecule has 2 N–H and O–H groups in total. The Hall–Kier alpha value is -3.23. The molecule has 8 heteroatoms. The number of benzene rings is 2. The predicted octanol–water partition coefficient (Wildman–Crippen LogP) is 5.46. The van der Waals surface area contributed by atoms with Gasteiger partial charge in [-0.1, -0.05) is 42.5 Å². The molecule has 7 nitrogen and oxygen atoms in total. The number of amides is 1. The third-order valence-electron chi connectivity index (χ3n) is 9.01. The first-order valence-corrected chi connectivity index (χ1v) is 14.3. The molecule has 206 valence electrons. The molecule has 39 heavy (non-hydrogen) atoms. The average Bonchev–Trinajstić information content (AvgIpc) is 3.36. The van der Waals surface area contributed by atoms with Crippen molar-refractivity contribution in [1.82, 2.24) is 24.7 Å². The van der Waals surface area contributed by atoms with Crippen molar-refractivity contribution in [3.63, 3.8) is 0 Å². The van der Waals surface area contributed by atoms with Crippen LogP contribution in [0.1, 0.15) is 72.5 Å². The van der Waals surface area contributed by atoms with Gasteiger partial charge in [0.25, 0.3) is 0 Å². The second-order valence-corrected chi connectivity index (χ2v) is 11.5. The van der Waals surface area contributed by atoms with E-state index >= 15 is 0 Å². The maximum atomic E-state index is 13.8. The Kier molecular flexibility index (Phi) is 7.40. The second-order valence-electron chi connectivity index (χ2n) is 11.5. The number of carboxylic acid groups (broad SMARTS) is 1. The molecule has 0 radical (unpaired) electrons. The zero-order chi connectivity index (χ0) is 26.9. The van der Waals surface area contributed by atoms with E-state index < -0.39 is 12.1 Å². The Morgan fingerprint density at radius 1 is 1.10 bits per heavy atom. The molecule has 2 saturated heterocycles. The minimum Gasteiger partial charge on any atom is -0.465 e. The van der Waals surface area contributed by atoms with Gasteiger partial charge in [-0.15, -0.1) is 0 Å². The summed E-state index contributed by atoms with van der Waals surface area (Å²) in [5.74, 6) is 0.795. The normalized spacial score (nSPS) is 23.9. The van der Waals surface area contributed by atoms with Gasteiger partial charge in [0.15, 0.2) is 0 Å². The summed E-state index contributed by atoms with van der Waals surface area (Å²) in [6.45, 7) is 5.88. The number of aryl methyl sites for hydroxylation is 1. The number of nitrogens with zero attached hydrogens (tertiary/aromatic N) is 4. The fraction of sp³-hybridized carbons (Fsp3) is 0.484. The van der Waals surface area contributed by atoms with Crippen molar-refractivity contribution < 1.29 is 14.3 Å². The minimum atomic E-state index is -1.08. The van der Waals surface area contributed by atoms with E-state index in [-0.39, 0.29) is 5.82 Å². The van der Waals surface area contributed by atoms with Crippen LogP contribution in [-0.2, 0) is 19.5 Å². The van der Waals surface area contributed by atoms with Crippen molar-refractivity contribution in [2.24, 2.45) is 0 Å². The molecular formula is C31H38FN5O2. The van der Waals surface area contributed by atoms with E-state index in [1.807, 2.05) is 0 Å². The molecule has 0 aliphatic carbocycles. The van der Waals surface area contributed by atoms with Gasteiger partial charge in [0.2, 0.25) is 0 Å². The summed E-state index contributed by atoms with van der Waals surface area (Å²) in [5.41, 5.74) is 4.69. The zero-order valence-corrected chi connectivity index (χ0v) is 22.6. The third kappa shape index (κ3) is 5.58. The molecule has 1 aromatic heterocycles. The number of aromatic nitrogens is 2. The molecule has 1 amide bonds. The van der Waals surface area contributed by atoms with Crippen molar-refractivity contribution in [2.45, 2.75) is 82.7 Å². The first kappa shape index (κ1) is 26.0. The lowest BCUT2D eigenvalue weighted by Gasteiger charge is -2.41. The number of nitrogens with one attached hydrogen (secondary N) is 1. The second kappa shape index (κ2) is 11.1. The Balaban J connectivity index is 1.12. The quantitative estimate of drug-likeness (QED) is 0.404. The number of piperidine rings is 1. The van der Waals surface area contributed by atoms with Crippen molar-refractivity contribution in [3.8, 4) is 0 Å². The van der Waals surface area contributed by atoms with Crippen LogP contribution < -0.4 is 5.32 Å². The van der Waals surface area contributed by atoms with Crippen LogP contribution in [0.15, 0.2) is 54.6 Å². The average molecular weight is 532 g/mol. The van der Waals surface area contributed by atoms with Gasteiger partial charge in [-0.2, -0.15) is 0 Å². The molecule has 6 rings (SSSR count). The summed E-state index contributed by atoms with van der Waals surface area (Å²) < 4.78 is 16.4. The Labute approximate surface area is 229 Å². The van der Waals surface area contributed by atoms with E-state index in [9.17, 15) is 14.3 Å². The number of halogens is 1. The van der Waals surface area contributed by atoms with Crippen LogP contribution in [0.4, 0.5) is 9.18 Å². The fourth-order valence-corrected chi connectivity index (χ4v) is 7.35. The van der Waals surface area contributed by atoms with E-state index in [0.717, 1.165) is 51.3 Å². The number of carbonyl (C=O) groups is 1. The van der Waals surface area contributed by atoms with Gasteiger partial charge in [-0.25, -0.2) is 14.2 Å². The molecule has 2 bridgehead atoms. The minimum absolute atomic E-state index is 0.340. The number of fused-ring (bicyclic) bond motifs is 3. The van der Waals surface area contributed by atoms with Crippen LogP contribution in [0, 0.1) is 12.7 Å². The zero-order valence-electron chi connectivity index (χ0n) is 22.6.